The SMILES string of the molecule is Cc1nn(Cc2c(C(=O)N3CCN(Cc4cccc(F)c4F)CC3)noc2C)c(C)c1Cl. The lowest BCUT2D eigenvalue weighted by Crippen LogP contribution is -2.48. The van der Waals surface area contributed by atoms with E-state index in [2.05, 4.69) is 10.3 Å². The maximum absolute atomic E-state index is 14.0. The van der Waals surface area contributed by atoms with Gasteiger partial charge in [-0.05, 0) is 26.8 Å². The number of carbonyl (C=O) groups excluding carboxylic acids is 1. The van der Waals surface area contributed by atoms with Crippen molar-refractivity contribution in [1.82, 2.24) is 24.7 Å². The molecule has 170 valence electrons. The van der Waals surface area contributed by atoms with Crippen molar-refractivity contribution in [3.8, 4) is 0 Å². The van der Waals surface area contributed by atoms with Crippen LogP contribution in [-0.2, 0) is 13.1 Å². The van der Waals surface area contributed by atoms with Crippen molar-refractivity contribution in [2.45, 2.75) is 33.9 Å². The number of aromatic nitrogens is 3. The summed E-state index contributed by atoms with van der Waals surface area (Å²) in [5.74, 6) is -1.34. The molecular weight excluding hydrogens is 440 g/mol. The number of nitrogens with zero attached hydrogens (tertiary/aromatic N) is 5. The summed E-state index contributed by atoms with van der Waals surface area (Å²) >= 11 is 6.25. The van der Waals surface area contributed by atoms with Crippen LogP contribution in [0.5, 0.6) is 0 Å². The Bertz CT molecular complexity index is 1150. The highest BCUT2D eigenvalue weighted by atomic mass is 35.5. The summed E-state index contributed by atoms with van der Waals surface area (Å²) in [6.45, 7) is 8.06. The zero-order valence-electron chi connectivity index (χ0n) is 18.2. The first-order valence-electron chi connectivity index (χ1n) is 10.4. The fraction of sp³-hybridized carbons (Fsp3) is 0.409. The first-order valence-corrected chi connectivity index (χ1v) is 10.7. The molecular formula is C22H24ClF2N5O2. The number of rotatable bonds is 5. The maximum Gasteiger partial charge on any atom is 0.276 e. The van der Waals surface area contributed by atoms with E-state index in [1.54, 1.807) is 22.6 Å². The Morgan fingerprint density at radius 1 is 1.12 bits per heavy atom. The summed E-state index contributed by atoms with van der Waals surface area (Å²) in [6.07, 6.45) is 0. The van der Waals surface area contributed by atoms with Crippen LogP contribution in [0.1, 0.15) is 38.8 Å². The number of hydrogen-bond donors (Lipinski definition) is 0. The Balaban J connectivity index is 1.44. The first-order chi connectivity index (χ1) is 15.3. The minimum Gasteiger partial charge on any atom is -0.361 e. The van der Waals surface area contributed by atoms with Gasteiger partial charge in [0.1, 0.15) is 5.76 Å². The fourth-order valence-electron chi connectivity index (χ4n) is 3.89. The van der Waals surface area contributed by atoms with E-state index in [0.717, 1.165) is 17.5 Å². The van der Waals surface area contributed by atoms with E-state index in [1.807, 2.05) is 18.7 Å². The normalized spacial score (nSPS) is 14.9. The molecule has 0 unspecified atom stereocenters. The quantitative estimate of drug-likeness (QED) is 0.576. The number of carbonyl (C=O) groups is 1. The number of benzene rings is 1. The van der Waals surface area contributed by atoms with Crippen LogP contribution in [-0.4, -0.2) is 56.8 Å². The Hall–Kier alpha value is -2.78. The van der Waals surface area contributed by atoms with E-state index in [1.165, 1.54) is 6.07 Å². The second kappa shape index (κ2) is 8.99. The van der Waals surface area contributed by atoms with Crippen molar-refractivity contribution in [2.24, 2.45) is 0 Å². The summed E-state index contributed by atoms with van der Waals surface area (Å²) in [6, 6.07) is 4.18. The van der Waals surface area contributed by atoms with Crippen molar-refractivity contribution >= 4 is 17.5 Å². The molecule has 2 aromatic heterocycles. The lowest BCUT2D eigenvalue weighted by atomic mass is 10.1. The third-order valence-electron chi connectivity index (χ3n) is 5.87. The van der Waals surface area contributed by atoms with Crippen molar-refractivity contribution in [1.29, 1.82) is 0 Å². The lowest BCUT2D eigenvalue weighted by molar-refractivity contribution is 0.0615. The van der Waals surface area contributed by atoms with Gasteiger partial charge in [-0.2, -0.15) is 5.10 Å². The van der Waals surface area contributed by atoms with E-state index in [4.69, 9.17) is 16.1 Å². The van der Waals surface area contributed by atoms with Crippen LogP contribution in [0.25, 0.3) is 0 Å². The smallest absolute Gasteiger partial charge is 0.276 e. The topological polar surface area (TPSA) is 67.4 Å². The maximum atomic E-state index is 14.0. The molecule has 0 N–H and O–H groups in total. The first kappa shape index (κ1) is 22.4. The minimum absolute atomic E-state index is 0.221. The van der Waals surface area contributed by atoms with Crippen molar-refractivity contribution in [3.63, 3.8) is 0 Å². The van der Waals surface area contributed by atoms with Gasteiger partial charge in [-0.1, -0.05) is 28.9 Å². The predicted octanol–water partition coefficient (Wildman–Crippen LogP) is 3.73. The molecule has 10 heteroatoms. The van der Waals surface area contributed by atoms with E-state index >= 15 is 0 Å². The van der Waals surface area contributed by atoms with Gasteiger partial charge in [0.05, 0.1) is 23.0 Å². The zero-order valence-corrected chi connectivity index (χ0v) is 18.9. The Labute approximate surface area is 189 Å². The Morgan fingerprint density at radius 2 is 1.84 bits per heavy atom. The van der Waals surface area contributed by atoms with Crippen molar-refractivity contribution in [3.05, 3.63) is 68.8 Å². The molecule has 0 saturated carbocycles. The molecule has 3 heterocycles. The molecule has 1 aliphatic rings. The van der Waals surface area contributed by atoms with Gasteiger partial charge in [0.15, 0.2) is 17.3 Å². The summed E-state index contributed by atoms with van der Waals surface area (Å²) in [5.41, 5.74) is 2.76. The van der Waals surface area contributed by atoms with E-state index in [0.29, 0.717) is 61.2 Å². The summed E-state index contributed by atoms with van der Waals surface area (Å²) < 4.78 is 34.5. The van der Waals surface area contributed by atoms with Crippen LogP contribution < -0.4 is 0 Å². The molecule has 0 spiro atoms. The van der Waals surface area contributed by atoms with Crippen LogP contribution in [0.15, 0.2) is 22.7 Å². The predicted molar refractivity (Wildman–Crippen MR) is 115 cm³/mol. The molecule has 4 rings (SSSR count). The van der Waals surface area contributed by atoms with Crippen molar-refractivity contribution in [2.75, 3.05) is 26.2 Å². The molecule has 32 heavy (non-hydrogen) atoms. The lowest BCUT2D eigenvalue weighted by Gasteiger charge is -2.34. The van der Waals surface area contributed by atoms with Gasteiger partial charge in [-0.25, -0.2) is 8.78 Å². The van der Waals surface area contributed by atoms with Gasteiger partial charge in [0.25, 0.3) is 5.91 Å². The number of hydrogen-bond acceptors (Lipinski definition) is 5. The van der Waals surface area contributed by atoms with E-state index < -0.39 is 11.6 Å². The fourth-order valence-corrected chi connectivity index (χ4v) is 4.03. The van der Waals surface area contributed by atoms with Gasteiger partial charge in [0, 0.05) is 43.9 Å². The molecule has 1 aliphatic heterocycles. The minimum atomic E-state index is -0.853. The molecule has 1 aromatic carbocycles. The zero-order chi connectivity index (χ0) is 23.0. The Kier molecular flexibility index (Phi) is 6.30. The molecule has 1 amide bonds. The van der Waals surface area contributed by atoms with Crippen molar-refractivity contribution < 1.29 is 18.1 Å². The average molecular weight is 464 g/mol. The van der Waals surface area contributed by atoms with Gasteiger partial charge in [-0.15, -0.1) is 0 Å². The molecule has 0 bridgehead atoms. The standard InChI is InChI=1S/C22H24ClF2N5O2/c1-13-19(23)14(2)30(26-13)12-17-15(3)32-27-21(17)22(31)29-9-7-28(8-10-29)11-16-5-4-6-18(24)20(16)25/h4-6H,7-12H2,1-3H3. The van der Waals surface area contributed by atoms with Crippen LogP contribution >= 0.6 is 11.6 Å². The summed E-state index contributed by atoms with van der Waals surface area (Å²) in [4.78, 5) is 16.9. The number of halogens is 3. The third-order valence-corrected chi connectivity index (χ3v) is 6.42. The second-order valence-corrected chi connectivity index (χ2v) is 8.37. The molecule has 0 radical (unpaired) electrons. The molecule has 0 aliphatic carbocycles. The highest BCUT2D eigenvalue weighted by molar-refractivity contribution is 6.31. The average Bonchev–Trinajstić information content (AvgIpc) is 3.26. The van der Waals surface area contributed by atoms with Crippen LogP contribution in [0.2, 0.25) is 5.02 Å². The second-order valence-electron chi connectivity index (χ2n) is 7.99. The summed E-state index contributed by atoms with van der Waals surface area (Å²) in [7, 11) is 0. The highest BCUT2D eigenvalue weighted by Crippen LogP contribution is 2.23. The molecule has 0 atom stereocenters. The van der Waals surface area contributed by atoms with Gasteiger partial charge >= 0.3 is 0 Å². The van der Waals surface area contributed by atoms with E-state index in [-0.39, 0.29) is 11.6 Å². The van der Waals surface area contributed by atoms with E-state index in [9.17, 15) is 13.6 Å². The summed E-state index contributed by atoms with van der Waals surface area (Å²) in [5, 5.41) is 9.03. The van der Waals surface area contributed by atoms with Gasteiger partial charge in [0.2, 0.25) is 0 Å². The van der Waals surface area contributed by atoms with Crippen LogP contribution in [0.3, 0.4) is 0 Å². The molecule has 1 saturated heterocycles. The number of aryl methyl sites for hydroxylation is 2. The largest absolute Gasteiger partial charge is 0.361 e. The van der Waals surface area contributed by atoms with Crippen LogP contribution in [0, 0.1) is 32.4 Å². The monoisotopic (exact) mass is 463 g/mol. The molecule has 7 nitrogen and oxygen atoms in total. The Morgan fingerprint density at radius 3 is 2.50 bits per heavy atom. The molecule has 1 fully saturated rings. The highest BCUT2D eigenvalue weighted by Gasteiger charge is 2.28. The third kappa shape index (κ3) is 4.27. The van der Waals surface area contributed by atoms with Crippen LogP contribution in [0.4, 0.5) is 8.78 Å². The number of piperazine rings is 1. The molecule has 3 aromatic rings. The number of amides is 1. The van der Waals surface area contributed by atoms with Gasteiger partial charge in [-0.3, -0.25) is 14.4 Å². The van der Waals surface area contributed by atoms with Gasteiger partial charge < -0.3 is 9.42 Å².